The molecule has 0 spiro atoms. The summed E-state index contributed by atoms with van der Waals surface area (Å²) in [6.07, 6.45) is -0.605. The van der Waals surface area contributed by atoms with E-state index in [9.17, 15) is 5.11 Å². The quantitative estimate of drug-likeness (QED) is 0.258. The highest BCUT2D eigenvalue weighted by molar-refractivity contribution is 5.65. The Morgan fingerprint density at radius 3 is 2.09 bits per heavy atom. The first-order chi connectivity index (χ1) is 21.1. The zero-order valence-corrected chi connectivity index (χ0v) is 25.0. The van der Waals surface area contributed by atoms with Gasteiger partial charge in [-0.25, -0.2) is 0 Å². The number of benzene rings is 4. The molecule has 6 heteroatoms. The molecule has 2 aliphatic rings. The number of nitrogens with zero attached hydrogens (tertiary/aromatic N) is 2. The predicted molar refractivity (Wildman–Crippen MR) is 171 cm³/mol. The van der Waals surface area contributed by atoms with Crippen molar-refractivity contribution < 1.29 is 14.6 Å². The molecule has 4 aromatic carbocycles. The number of hydrogen-bond acceptors (Lipinski definition) is 6. The Morgan fingerprint density at radius 2 is 1.37 bits per heavy atom. The van der Waals surface area contributed by atoms with Crippen LogP contribution in [0.25, 0.3) is 11.1 Å². The van der Waals surface area contributed by atoms with Gasteiger partial charge in [0.1, 0.15) is 0 Å². The number of piperazine rings is 1. The molecule has 224 valence electrons. The maximum atomic E-state index is 9.59. The first-order valence-electron chi connectivity index (χ1n) is 15.5. The lowest BCUT2D eigenvalue weighted by Gasteiger charge is -2.44. The summed E-state index contributed by atoms with van der Waals surface area (Å²) in [5.41, 5.74) is 13.7. The lowest BCUT2D eigenvalue weighted by Crippen LogP contribution is -2.51. The summed E-state index contributed by atoms with van der Waals surface area (Å²) in [4.78, 5) is 5.09. The fourth-order valence-corrected chi connectivity index (χ4v) is 6.30. The number of hydrogen-bond donors (Lipinski definition) is 2. The summed E-state index contributed by atoms with van der Waals surface area (Å²) in [7, 11) is 0. The summed E-state index contributed by atoms with van der Waals surface area (Å²) in [6.45, 7) is 8.79. The molecule has 0 saturated carbocycles. The van der Waals surface area contributed by atoms with Gasteiger partial charge in [0.15, 0.2) is 6.29 Å². The van der Waals surface area contributed by atoms with E-state index in [1.807, 2.05) is 12.1 Å². The number of rotatable bonds is 9. The first-order valence-corrected chi connectivity index (χ1v) is 15.5. The molecular weight excluding hydrogens is 534 g/mol. The molecule has 0 aromatic heterocycles. The van der Waals surface area contributed by atoms with Gasteiger partial charge < -0.3 is 20.3 Å². The zero-order chi connectivity index (χ0) is 29.6. The molecule has 2 aliphatic heterocycles. The predicted octanol–water partition coefficient (Wildman–Crippen LogP) is 5.91. The van der Waals surface area contributed by atoms with Gasteiger partial charge >= 0.3 is 0 Å². The molecule has 2 fully saturated rings. The largest absolute Gasteiger partial charge is 0.392 e. The molecule has 0 amide bonds. The van der Waals surface area contributed by atoms with E-state index in [4.69, 9.17) is 15.2 Å². The Morgan fingerprint density at radius 1 is 0.698 bits per heavy atom. The van der Waals surface area contributed by atoms with Crippen LogP contribution < -0.4 is 5.73 Å². The van der Waals surface area contributed by atoms with Gasteiger partial charge in [-0.3, -0.25) is 9.80 Å². The maximum absolute atomic E-state index is 9.59. The van der Waals surface area contributed by atoms with Crippen LogP contribution in [0.5, 0.6) is 0 Å². The molecule has 2 saturated heterocycles. The number of nitrogens with two attached hydrogens (primary N) is 1. The third kappa shape index (κ3) is 7.24. The second-order valence-corrected chi connectivity index (χ2v) is 11.9. The van der Waals surface area contributed by atoms with Crippen LogP contribution >= 0.6 is 0 Å². The molecule has 0 aliphatic carbocycles. The number of aliphatic hydroxyl groups excluding tert-OH is 1. The van der Waals surface area contributed by atoms with Crippen LogP contribution in [0.3, 0.4) is 0 Å². The molecule has 0 radical (unpaired) electrons. The Bertz CT molecular complexity index is 1450. The third-order valence-electron chi connectivity index (χ3n) is 8.93. The Balaban J connectivity index is 1.20. The average Bonchev–Trinajstić information content (AvgIpc) is 3.07. The lowest BCUT2D eigenvalue weighted by molar-refractivity contribution is -0.276. The topological polar surface area (TPSA) is 71.2 Å². The van der Waals surface area contributed by atoms with Crippen molar-refractivity contribution in [3.63, 3.8) is 0 Å². The monoisotopic (exact) mass is 577 g/mol. The van der Waals surface area contributed by atoms with Crippen molar-refractivity contribution in [1.29, 1.82) is 0 Å². The van der Waals surface area contributed by atoms with Crippen LogP contribution in [0.1, 0.15) is 47.1 Å². The summed E-state index contributed by atoms with van der Waals surface area (Å²) < 4.78 is 13.6. The molecule has 43 heavy (non-hydrogen) atoms. The zero-order valence-electron chi connectivity index (χ0n) is 25.0. The van der Waals surface area contributed by atoms with Gasteiger partial charge in [0.2, 0.25) is 0 Å². The molecule has 4 atom stereocenters. The van der Waals surface area contributed by atoms with Gasteiger partial charge in [0.05, 0.1) is 18.8 Å². The maximum Gasteiger partial charge on any atom is 0.184 e. The van der Waals surface area contributed by atoms with Crippen LogP contribution in [0, 0.1) is 5.92 Å². The van der Waals surface area contributed by atoms with Gasteiger partial charge in [-0.2, -0.15) is 0 Å². The van der Waals surface area contributed by atoms with Crippen LogP contribution in [-0.2, 0) is 29.2 Å². The number of aliphatic hydroxyl groups is 1. The van der Waals surface area contributed by atoms with Gasteiger partial charge in [0, 0.05) is 57.3 Å². The summed E-state index contributed by atoms with van der Waals surface area (Å²) in [5.74, 6) is 0.156. The smallest absolute Gasteiger partial charge is 0.184 e. The molecule has 0 unspecified atom stereocenters. The molecule has 6 rings (SSSR count). The van der Waals surface area contributed by atoms with E-state index in [0.29, 0.717) is 6.54 Å². The van der Waals surface area contributed by atoms with Crippen molar-refractivity contribution in [3.05, 3.63) is 131 Å². The van der Waals surface area contributed by atoms with Crippen LogP contribution in [-0.4, -0.2) is 53.7 Å². The minimum absolute atomic E-state index is 0.00571. The van der Waals surface area contributed by atoms with Crippen molar-refractivity contribution in [1.82, 2.24) is 9.80 Å². The lowest BCUT2D eigenvalue weighted by atomic mass is 9.89. The molecule has 0 bridgehead atoms. The van der Waals surface area contributed by atoms with E-state index in [1.165, 1.54) is 5.56 Å². The van der Waals surface area contributed by atoms with Crippen molar-refractivity contribution in [2.24, 2.45) is 11.7 Å². The summed E-state index contributed by atoms with van der Waals surface area (Å²) in [5, 5.41) is 9.59. The number of ether oxygens (including phenoxy) is 2. The summed E-state index contributed by atoms with van der Waals surface area (Å²) in [6, 6.07) is 35.8. The first kappa shape index (κ1) is 29.7. The third-order valence-corrected chi connectivity index (χ3v) is 8.93. The van der Waals surface area contributed by atoms with Gasteiger partial charge in [-0.15, -0.1) is 0 Å². The van der Waals surface area contributed by atoms with Gasteiger partial charge in [0.25, 0.3) is 0 Å². The average molecular weight is 578 g/mol. The van der Waals surface area contributed by atoms with Crippen LogP contribution in [0.15, 0.2) is 103 Å². The van der Waals surface area contributed by atoms with Crippen LogP contribution in [0.4, 0.5) is 0 Å². The Kier molecular flexibility index (Phi) is 9.64. The highest BCUT2D eigenvalue weighted by atomic mass is 16.7. The van der Waals surface area contributed by atoms with E-state index >= 15 is 0 Å². The Labute approximate surface area is 255 Å². The van der Waals surface area contributed by atoms with Crippen molar-refractivity contribution in [2.45, 2.75) is 45.1 Å². The minimum atomic E-state index is -0.485. The molecule has 6 nitrogen and oxygen atoms in total. The highest BCUT2D eigenvalue weighted by Crippen LogP contribution is 2.42. The molecule has 2 heterocycles. The van der Waals surface area contributed by atoms with E-state index < -0.39 is 6.29 Å². The van der Waals surface area contributed by atoms with Crippen molar-refractivity contribution in [2.75, 3.05) is 32.7 Å². The fraction of sp³-hybridized carbons (Fsp3) is 0.351. The van der Waals surface area contributed by atoms with E-state index in [0.717, 1.165) is 72.6 Å². The highest BCUT2D eigenvalue weighted by Gasteiger charge is 2.39. The van der Waals surface area contributed by atoms with E-state index in [-0.39, 0.29) is 24.7 Å². The van der Waals surface area contributed by atoms with E-state index in [2.05, 4.69) is 108 Å². The second-order valence-electron chi connectivity index (χ2n) is 11.9. The standard InChI is InChI=1S/C37H43N3O3/c1-27-35(25-40-19-17-39(18-20-40)24-28-7-3-2-4-8-28)42-37(43-36(27)31-15-13-29(26-41)14-16-31)34-12-6-11-33(22-34)32-10-5-9-30(21-32)23-38/h2-16,21-22,27,35-37,41H,17-20,23-26,38H2,1H3/t27-,35+,36+,37+/m1/s1. The molecule has 4 aromatic rings. The second kappa shape index (κ2) is 14.0. The van der Waals surface area contributed by atoms with Crippen molar-refractivity contribution >= 4 is 0 Å². The molecular formula is C37H43N3O3. The molecule has 3 N–H and O–H groups in total. The normalized spacial score (nSPS) is 23.3. The van der Waals surface area contributed by atoms with Gasteiger partial charge in [-0.05, 0) is 45.5 Å². The van der Waals surface area contributed by atoms with Crippen molar-refractivity contribution in [3.8, 4) is 11.1 Å². The SMILES string of the molecule is C[C@@H]1[C@H](CN2CCN(Cc3ccccc3)CC2)O[C@H](c2cccc(-c3cccc(CN)c3)c2)O[C@@H]1c1ccc(CO)cc1. The van der Waals surface area contributed by atoms with Crippen LogP contribution in [0.2, 0.25) is 0 Å². The Hall–Kier alpha value is -3.36. The summed E-state index contributed by atoms with van der Waals surface area (Å²) >= 11 is 0. The minimum Gasteiger partial charge on any atom is -0.392 e. The van der Waals surface area contributed by atoms with E-state index in [1.54, 1.807) is 0 Å². The fourth-order valence-electron chi connectivity index (χ4n) is 6.30. The van der Waals surface area contributed by atoms with Gasteiger partial charge in [-0.1, -0.05) is 97.9 Å².